The Kier molecular flexibility index (Phi) is 14.8. The van der Waals surface area contributed by atoms with E-state index >= 15 is 0 Å². The number of nitrogens with one attached hydrogen (secondary N) is 1. The van der Waals surface area contributed by atoms with Crippen molar-refractivity contribution < 1.29 is 86.6 Å². The van der Waals surface area contributed by atoms with Crippen LogP contribution in [0.2, 0.25) is 0 Å². The number of azo groups is 1. The van der Waals surface area contributed by atoms with Gasteiger partial charge in [0, 0.05) is 30.1 Å². The molecule has 0 aliphatic rings. The molecule has 0 aliphatic heterocycles. The van der Waals surface area contributed by atoms with E-state index in [9.17, 15) is 64.9 Å². The lowest BCUT2D eigenvalue weighted by Crippen LogP contribution is -2.27. The summed E-state index contributed by atoms with van der Waals surface area (Å²) in [5, 5.41) is 20.6. The Labute approximate surface area is 358 Å². The van der Waals surface area contributed by atoms with Crippen LogP contribution in [0.5, 0.6) is 5.75 Å². The zero-order valence-electron chi connectivity index (χ0n) is 31.4. The molecule has 26 nitrogen and oxygen atoms in total. The molecule has 33 heteroatoms. The highest BCUT2D eigenvalue weighted by molar-refractivity contribution is 7.91. The topological polar surface area (TPSA) is 395 Å². The van der Waals surface area contributed by atoms with Gasteiger partial charge in [0.2, 0.25) is 11.9 Å². The van der Waals surface area contributed by atoms with Crippen LogP contribution >= 0.6 is 0 Å². The number of benzene rings is 4. The van der Waals surface area contributed by atoms with Gasteiger partial charge in [-0.1, -0.05) is 12.1 Å². The summed E-state index contributed by atoms with van der Waals surface area (Å²) >= 11 is -1.98. The van der Waals surface area contributed by atoms with E-state index in [4.69, 9.17) is 13.3 Å². The van der Waals surface area contributed by atoms with Crippen molar-refractivity contribution in [3.05, 3.63) is 60.7 Å². The molecule has 1 unspecified atom stereocenters. The van der Waals surface area contributed by atoms with Gasteiger partial charge >= 0.3 is 26.9 Å². The Balaban J connectivity index is 1.42. The van der Waals surface area contributed by atoms with Gasteiger partial charge in [-0.05, 0) is 53.2 Å². The lowest BCUT2D eigenvalue weighted by Gasteiger charge is -2.17. The number of anilines is 3. The van der Waals surface area contributed by atoms with E-state index in [1.54, 1.807) is 0 Å². The van der Waals surface area contributed by atoms with Crippen molar-refractivity contribution in [3.63, 3.8) is 0 Å². The number of hydrogen-bond acceptors (Lipinski definition) is 22. The fourth-order valence-electron chi connectivity index (χ4n) is 5.34. The Morgan fingerprint density at radius 2 is 1.43 bits per heavy atom. The number of phenolic OH excluding ortho intramolecular Hbond substituents is 1. The largest absolute Gasteiger partial charge is 0.505 e. The molecule has 0 bridgehead atoms. The maximum Gasteiger partial charge on any atom is 0.397 e. The number of aromatic hydroxyl groups is 1. The molecule has 1 aromatic heterocycles. The van der Waals surface area contributed by atoms with Crippen LogP contribution in [0.15, 0.2) is 79.5 Å². The smallest absolute Gasteiger partial charge is 0.397 e. The summed E-state index contributed by atoms with van der Waals surface area (Å²) < 4.78 is 196. The fourth-order valence-corrected chi connectivity index (χ4v) is 9.42. The van der Waals surface area contributed by atoms with Crippen molar-refractivity contribution in [2.75, 3.05) is 55.1 Å². The Morgan fingerprint density at radius 3 is 2.08 bits per heavy atom. The van der Waals surface area contributed by atoms with Crippen molar-refractivity contribution in [2.45, 2.75) is 14.7 Å². The molecule has 0 fully saturated rings. The van der Waals surface area contributed by atoms with Crippen LogP contribution in [0.4, 0.5) is 33.3 Å². The number of phenols is 1. The van der Waals surface area contributed by atoms with Crippen molar-refractivity contribution >= 4 is 112 Å². The molecule has 0 spiro atoms. The summed E-state index contributed by atoms with van der Waals surface area (Å²) in [4.78, 5) is 10.0. The molecule has 6 N–H and O–H groups in total. The molecule has 4 aromatic carbocycles. The zero-order valence-corrected chi connectivity index (χ0v) is 36.3. The minimum Gasteiger partial charge on any atom is -0.505 e. The number of halogens is 1. The first-order valence-electron chi connectivity index (χ1n) is 16.7. The van der Waals surface area contributed by atoms with E-state index in [0.717, 1.165) is 36.4 Å². The minimum atomic E-state index is -5.25. The molecule has 5 rings (SSSR count). The van der Waals surface area contributed by atoms with Gasteiger partial charge in [0.05, 0.1) is 36.2 Å². The van der Waals surface area contributed by atoms with Gasteiger partial charge in [-0.25, -0.2) is 21.0 Å². The zero-order chi connectivity index (χ0) is 46.7. The third-order valence-electron chi connectivity index (χ3n) is 8.03. The van der Waals surface area contributed by atoms with Gasteiger partial charge in [-0.2, -0.15) is 53.0 Å². The van der Waals surface area contributed by atoms with E-state index in [1.165, 1.54) is 30.1 Å². The van der Waals surface area contributed by atoms with E-state index in [0.29, 0.717) is 0 Å². The number of rotatable bonds is 20. The molecule has 342 valence electrons. The summed E-state index contributed by atoms with van der Waals surface area (Å²) in [6.07, 6.45) is -1.26. The van der Waals surface area contributed by atoms with Gasteiger partial charge in [0.25, 0.3) is 20.2 Å². The third-order valence-corrected chi connectivity index (χ3v) is 13.4. The van der Waals surface area contributed by atoms with Crippen molar-refractivity contribution in [3.8, 4) is 5.75 Å². The Morgan fingerprint density at radius 1 is 0.762 bits per heavy atom. The lowest BCUT2D eigenvalue weighted by atomic mass is 10.1. The molecule has 0 saturated carbocycles. The highest BCUT2D eigenvalue weighted by Gasteiger charge is 2.25. The number of fused-ring (bicyclic) bond motifs is 2. The van der Waals surface area contributed by atoms with Gasteiger partial charge in [-0.15, -0.1) is 10.2 Å². The van der Waals surface area contributed by atoms with Crippen LogP contribution in [-0.2, 0) is 74.5 Å². The molecule has 0 radical (unpaired) electrons. The number of aromatic nitrogens is 3. The molecule has 0 aliphatic carbocycles. The average Bonchev–Trinajstić information content (AvgIpc) is 3.15. The second kappa shape index (κ2) is 19.0. The molecule has 1 atom stereocenters. The monoisotopic (exact) mass is 1000 g/mol. The third kappa shape index (κ3) is 13.2. The summed E-state index contributed by atoms with van der Waals surface area (Å²) in [5.74, 6) is -2.68. The van der Waals surface area contributed by atoms with Gasteiger partial charge in [0.15, 0.2) is 26.7 Å². The summed E-state index contributed by atoms with van der Waals surface area (Å²) in [7, 11) is -23.0. The first-order valence-corrected chi connectivity index (χ1v) is 25.2. The van der Waals surface area contributed by atoms with E-state index in [1.807, 2.05) is 0 Å². The van der Waals surface area contributed by atoms with Crippen LogP contribution in [0, 0.1) is 6.08 Å². The van der Waals surface area contributed by atoms with Gasteiger partial charge in [-0.3, -0.25) is 22.4 Å². The number of hydrogen-bond donors (Lipinski definition) is 6. The molecule has 63 heavy (non-hydrogen) atoms. The average molecular weight is 1000 g/mol. The van der Waals surface area contributed by atoms with E-state index in [-0.39, 0.29) is 51.4 Å². The molecule has 0 amide bonds. The van der Waals surface area contributed by atoms with Crippen LogP contribution in [0.1, 0.15) is 0 Å². The number of nitrogens with zero attached hydrogens (tertiary/aromatic N) is 6. The SMILES string of the molecule is CN(CCS(=O)OCCOS(=O)(=O)O)c1nc(F)nc(Nc2ccc3c(O)c(N=Nc4ccc5cc(S(=O)(=O)CCOS(=O)(=O)O)ccc5c4S(=O)(=O)O)c(S(=O)(=O)O)cc3c2)n1. The first kappa shape index (κ1) is 49.0. The summed E-state index contributed by atoms with van der Waals surface area (Å²) in [6, 6.07) is 9.51. The number of sulfone groups is 1. The first-order chi connectivity index (χ1) is 29.1. The van der Waals surface area contributed by atoms with Crippen LogP contribution in [0.25, 0.3) is 21.5 Å². The van der Waals surface area contributed by atoms with E-state index in [2.05, 4.69) is 38.9 Å². The molecular formula is C30H30FN7O19S6. The Bertz CT molecular complexity index is 3230. The fraction of sp³-hybridized carbons (Fsp3) is 0.233. The summed E-state index contributed by atoms with van der Waals surface area (Å²) in [5.41, 5.74) is -1.48. The van der Waals surface area contributed by atoms with E-state index < -0.39 is 125 Å². The molecule has 1 heterocycles. The highest BCUT2D eigenvalue weighted by atomic mass is 32.3. The second-order valence-corrected chi connectivity index (χ2v) is 20.7. The van der Waals surface area contributed by atoms with Crippen molar-refractivity contribution in [1.29, 1.82) is 0 Å². The maximum absolute atomic E-state index is 14.5. The van der Waals surface area contributed by atoms with Crippen molar-refractivity contribution in [2.24, 2.45) is 10.2 Å². The Hall–Kier alpha value is -5.04. The second-order valence-electron chi connectivity index (χ2n) is 12.4. The molecular weight excluding hydrogens is 974 g/mol. The van der Waals surface area contributed by atoms with Gasteiger partial charge in [0.1, 0.15) is 21.2 Å². The molecule has 0 saturated heterocycles. The van der Waals surface area contributed by atoms with Crippen LogP contribution < -0.4 is 10.2 Å². The highest BCUT2D eigenvalue weighted by Crippen LogP contribution is 2.43. The van der Waals surface area contributed by atoms with Crippen LogP contribution in [0.3, 0.4) is 0 Å². The minimum absolute atomic E-state index is 0.0646. The van der Waals surface area contributed by atoms with Gasteiger partial charge < -0.3 is 15.3 Å². The quantitative estimate of drug-likeness (QED) is 0.0370. The normalized spacial score (nSPS) is 13.5. The van der Waals surface area contributed by atoms with Crippen LogP contribution in [-0.4, -0.2) is 129 Å². The maximum atomic E-state index is 14.5. The molecule has 5 aromatic rings. The lowest BCUT2D eigenvalue weighted by molar-refractivity contribution is 0.212. The van der Waals surface area contributed by atoms with Crippen molar-refractivity contribution in [1.82, 2.24) is 15.0 Å². The standard InChI is InChI=1S/C30H30FN7O19S6/c1-38(8-12-58(40)55-9-10-56-62(49,50)51)30-34-28(31)33-29(35-30)32-19-3-5-21-18(14-19)16-24(60(43,44)45)25(26(21)39)37-36-23-7-2-17-15-20(4-6-22(17)27(23)61(46,47)48)59(41,42)13-11-57-63(52,53)54/h2-7,14-16,39H,8-13H2,1H3,(H,43,44,45)(H,46,47,48)(H,49,50,51)(H,52,53,54)(H,32,33,34,35). The predicted molar refractivity (Wildman–Crippen MR) is 216 cm³/mol. The predicted octanol–water partition coefficient (Wildman–Crippen LogP) is 2.20. The summed E-state index contributed by atoms with van der Waals surface area (Å²) in [6.45, 7) is -2.12.